The van der Waals surface area contributed by atoms with E-state index in [1.807, 2.05) is 0 Å². The lowest BCUT2D eigenvalue weighted by molar-refractivity contribution is -0.0708. The summed E-state index contributed by atoms with van der Waals surface area (Å²) in [6, 6.07) is 9.30. The van der Waals surface area contributed by atoms with Gasteiger partial charge in [0.25, 0.3) is 0 Å². The average molecular weight is 288 g/mol. The van der Waals surface area contributed by atoms with Crippen LogP contribution in [-0.2, 0) is 4.74 Å². The highest BCUT2D eigenvalue weighted by Gasteiger charge is 2.32. The summed E-state index contributed by atoms with van der Waals surface area (Å²) in [4.78, 5) is 2.51. The Morgan fingerprint density at radius 2 is 2.05 bits per heavy atom. The van der Waals surface area contributed by atoms with Gasteiger partial charge in [-0.05, 0) is 51.2 Å². The molecular formula is C18H28N2O. The van der Waals surface area contributed by atoms with Gasteiger partial charge in [-0.1, -0.05) is 19.1 Å². The van der Waals surface area contributed by atoms with E-state index in [0.29, 0.717) is 6.04 Å². The van der Waals surface area contributed by atoms with Crippen LogP contribution in [0.3, 0.4) is 0 Å². The van der Waals surface area contributed by atoms with Crippen molar-refractivity contribution in [3.8, 4) is 0 Å². The predicted octanol–water partition coefficient (Wildman–Crippen LogP) is 4.05. The summed E-state index contributed by atoms with van der Waals surface area (Å²) >= 11 is 0. The van der Waals surface area contributed by atoms with Crippen LogP contribution in [-0.4, -0.2) is 31.3 Å². The maximum atomic E-state index is 5.96. The molecule has 3 nitrogen and oxygen atoms in total. The first-order chi connectivity index (χ1) is 10.2. The molecule has 1 aromatic carbocycles. The molecule has 2 fully saturated rings. The second-order valence-corrected chi connectivity index (χ2v) is 6.70. The van der Waals surface area contributed by atoms with E-state index in [0.717, 1.165) is 25.9 Å². The molecule has 3 rings (SSSR count). The van der Waals surface area contributed by atoms with E-state index in [9.17, 15) is 0 Å². The monoisotopic (exact) mass is 288 g/mol. The first-order valence-electron chi connectivity index (χ1n) is 8.45. The maximum Gasteiger partial charge on any atom is 0.0671 e. The van der Waals surface area contributed by atoms with Gasteiger partial charge in [-0.2, -0.15) is 0 Å². The van der Waals surface area contributed by atoms with Crippen LogP contribution in [0.4, 0.5) is 11.4 Å². The van der Waals surface area contributed by atoms with Crippen molar-refractivity contribution in [1.82, 2.24) is 0 Å². The van der Waals surface area contributed by atoms with Crippen molar-refractivity contribution in [3.63, 3.8) is 0 Å². The average Bonchev–Trinajstić information content (AvgIpc) is 3.02. The molecule has 0 amide bonds. The third-order valence-corrected chi connectivity index (χ3v) is 5.05. The second-order valence-electron chi connectivity index (χ2n) is 6.70. The Morgan fingerprint density at radius 1 is 1.29 bits per heavy atom. The van der Waals surface area contributed by atoms with Crippen LogP contribution in [0.2, 0.25) is 0 Å². The molecule has 2 aliphatic heterocycles. The van der Waals surface area contributed by atoms with E-state index in [1.54, 1.807) is 0 Å². The number of hydrogen-bond acceptors (Lipinski definition) is 3. The molecule has 3 heteroatoms. The minimum Gasteiger partial charge on any atom is -0.380 e. The van der Waals surface area contributed by atoms with Crippen LogP contribution in [0.25, 0.3) is 0 Å². The van der Waals surface area contributed by atoms with Crippen LogP contribution in [0.1, 0.15) is 46.0 Å². The molecule has 0 saturated carbocycles. The first kappa shape index (κ1) is 14.7. The van der Waals surface area contributed by atoms with Gasteiger partial charge in [0.2, 0.25) is 0 Å². The number of hydrogen-bond donors (Lipinski definition) is 1. The third kappa shape index (κ3) is 3.34. The molecule has 0 radical (unpaired) electrons. The zero-order valence-corrected chi connectivity index (χ0v) is 13.4. The smallest absolute Gasteiger partial charge is 0.0671 e. The summed E-state index contributed by atoms with van der Waals surface area (Å²) in [7, 11) is 0. The second kappa shape index (κ2) is 6.27. The van der Waals surface area contributed by atoms with Gasteiger partial charge < -0.3 is 15.0 Å². The minimum absolute atomic E-state index is 0.0402. The van der Waals surface area contributed by atoms with E-state index >= 15 is 0 Å². The van der Waals surface area contributed by atoms with Gasteiger partial charge in [-0.15, -0.1) is 0 Å². The molecular weight excluding hydrogens is 260 g/mol. The molecule has 2 saturated heterocycles. The van der Waals surface area contributed by atoms with Crippen molar-refractivity contribution in [3.05, 3.63) is 24.3 Å². The van der Waals surface area contributed by atoms with E-state index in [2.05, 4.69) is 48.3 Å². The van der Waals surface area contributed by atoms with Gasteiger partial charge in [0.1, 0.15) is 0 Å². The minimum atomic E-state index is 0.0402. The largest absolute Gasteiger partial charge is 0.380 e. The van der Waals surface area contributed by atoms with E-state index in [-0.39, 0.29) is 5.60 Å². The number of benzene rings is 1. The number of anilines is 2. The standard InChI is InChI=1S/C18H28N2O/c1-3-18(2)14-15(10-13-21-18)19-16-8-4-5-9-17(16)20-11-6-7-12-20/h4-5,8-9,15,19H,3,6-7,10-14H2,1-2H3. The zero-order valence-electron chi connectivity index (χ0n) is 13.4. The van der Waals surface area contributed by atoms with Crippen molar-refractivity contribution in [2.45, 2.75) is 57.6 Å². The van der Waals surface area contributed by atoms with Gasteiger partial charge in [-0.3, -0.25) is 0 Å². The molecule has 0 aromatic heterocycles. The Morgan fingerprint density at radius 3 is 2.81 bits per heavy atom. The highest BCUT2D eigenvalue weighted by Crippen LogP contribution is 2.33. The van der Waals surface area contributed by atoms with Gasteiger partial charge >= 0.3 is 0 Å². The molecule has 0 bridgehead atoms. The summed E-state index contributed by atoms with van der Waals surface area (Å²) in [5.74, 6) is 0. The molecule has 2 atom stereocenters. The highest BCUT2D eigenvalue weighted by atomic mass is 16.5. The lowest BCUT2D eigenvalue weighted by atomic mass is 9.89. The van der Waals surface area contributed by atoms with Gasteiger partial charge in [0.05, 0.1) is 17.0 Å². The van der Waals surface area contributed by atoms with Crippen LogP contribution in [0.15, 0.2) is 24.3 Å². The number of nitrogens with zero attached hydrogens (tertiary/aromatic N) is 1. The van der Waals surface area contributed by atoms with Gasteiger partial charge in [0.15, 0.2) is 0 Å². The van der Waals surface area contributed by atoms with Crippen molar-refractivity contribution in [1.29, 1.82) is 0 Å². The summed E-state index contributed by atoms with van der Waals surface area (Å²) < 4.78 is 5.96. The fraction of sp³-hybridized carbons (Fsp3) is 0.667. The Balaban J connectivity index is 1.72. The quantitative estimate of drug-likeness (QED) is 0.904. The normalized spacial score (nSPS) is 29.6. The third-order valence-electron chi connectivity index (χ3n) is 5.05. The fourth-order valence-corrected chi connectivity index (χ4v) is 3.55. The van der Waals surface area contributed by atoms with Crippen molar-refractivity contribution >= 4 is 11.4 Å². The number of ether oxygens (including phenoxy) is 1. The topological polar surface area (TPSA) is 24.5 Å². The summed E-state index contributed by atoms with van der Waals surface area (Å²) in [5, 5.41) is 3.79. The zero-order chi connectivity index (χ0) is 14.7. The number of nitrogens with one attached hydrogen (secondary N) is 1. The lowest BCUT2D eigenvalue weighted by Crippen LogP contribution is -2.42. The Hall–Kier alpha value is -1.22. The van der Waals surface area contributed by atoms with E-state index in [4.69, 9.17) is 4.74 Å². The number of para-hydroxylation sites is 2. The SMILES string of the molecule is CCC1(C)CC(Nc2ccccc2N2CCCC2)CCO1. The first-order valence-corrected chi connectivity index (χ1v) is 8.45. The molecule has 1 aromatic rings. The summed E-state index contributed by atoms with van der Waals surface area (Å²) in [5.41, 5.74) is 2.71. The summed E-state index contributed by atoms with van der Waals surface area (Å²) in [6.45, 7) is 7.72. The Labute approximate surface area is 128 Å². The van der Waals surface area contributed by atoms with Crippen LogP contribution >= 0.6 is 0 Å². The number of rotatable bonds is 4. The van der Waals surface area contributed by atoms with Crippen LogP contribution < -0.4 is 10.2 Å². The van der Waals surface area contributed by atoms with E-state index < -0.39 is 0 Å². The van der Waals surface area contributed by atoms with Gasteiger partial charge in [0, 0.05) is 25.7 Å². The molecule has 2 aliphatic rings. The van der Waals surface area contributed by atoms with Crippen molar-refractivity contribution < 1.29 is 4.74 Å². The molecule has 116 valence electrons. The molecule has 0 aliphatic carbocycles. The van der Waals surface area contributed by atoms with Crippen molar-refractivity contribution in [2.75, 3.05) is 29.9 Å². The fourth-order valence-electron chi connectivity index (χ4n) is 3.55. The molecule has 21 heavy (non-hydrogen) atoms. The lowest BCUT2D eigenvalue weighted by Gasteiger charge is -2.39. The van der Waals surface area contributed by atoms with Gasteiger partial charge in [-0.25, -0.2) is 0 Å². The van der Waals surface area contributed by atoms with E-state index in [1.165, 1.54) is 37.3 Å². The van der Waals surface area contributed by atoms with Crippen molar-refractivity contribution in [2.24, 2.45) is 0 Å². The molecule has 2 heterocycles. The Bertz CT molecular complexity index is 470. The predicted molar refractivity (Wildman–Crippen MR) is 89.2 cm³/mol. The summed E-state index contributed by atoms with van der Waals surface area (Å²) in [6.07, 6.45) is 5.92. The molecule has 1 N–H and O–H groups in total. The van der Waals surface area contributed by atoms with Crippen LogP contribution in [0, 0.1) is 0 Å². The Kier molecular flexibility index (Phi) is 4.39. The maximum absolute atomic E-state index is 5.96. The highest BCUT2D eigenvalue weighted by molar-refractivity contribution is 5.70. The molecule has 2 unspecified atom stereocenters. The van der Waals surface area contributed by atoms with Crippen LogP contribution in [0.5, 0.6) is 0 Å². The molecule has 0 spiro atoms.